The molecule has 0 bridgehead atoms. The standard InChI is InChI=1S/C11H13FO2/c1-8(7-13)5-9-3-4-10(14-2)6-11(9)12/h3-4,6-8H,5H2,1-2H3. The molecule has 3 heteroatoms. The van der Waals surface area contributed by atoms with Gasteiger partial charge in [0.1, 0.15) is 17.9 Å². The summed E-state index contributed by atoms with van der Waals surface area (Å²) in [6, 6.07) is 4.66. The fraction of sp³-hybridized carbons (Fsp3) is 0.364. The van der Waals surface area contributed by atoms with E-state index in [4.69, 9.17) is 4.74 Å². The van der Waals surface area contributed by atoms with Crippen LogP contribution in [-0.2, 0) is 11.2 Å². The predicted octanol–water partition coefficient (Wildman–Crippen LogP) is 2.21. The lowest BCUT2D eigenvalue weighted by Gasteiger charge is -2.06. The van der Waals surface area contributed by atoms with Crippen molar-refractivity contribution in [3.05, 3.63) is 29.6 Å². The molecule has 14 heavy (non-hydrogen) atoms. The van der Waals surface area contributed by atoms with E-state index >= 15 is 0 Å². The van der Waals surface area contributed by atoms with Crippen LogP contribution in [0.2, 0.25) is 0 Å². The minimum atomic E-state index is -0.321. The summed E-state index contributed by atoms with van der Waals surface area (Å²) < 4.78 is 18.2. The van der Waals surface area contributed by atoms with E-state index in [-0.39, 0.29) is 11.7 Å². The third-order valence-corrected chi connectivity index (χ3v) is 2.03. The first kappa shape index (κ1) is 10.7. The van der Waals surface area contributed by atoms with Gasteiger partial charge in [0.25, 0.3) is 0 Å². The van der Waals surface area contributed by atoms with Crippen molar-refractivity contribution in [2.24, 2.45) is 5.92 Å². The number of hydrogen-bond donors (Lipinski definition) is 0. The number of carbonyl (C=O) groups is 1. The molecule has 0 fully saturated rings. The van der Waals surface area contributed by atoms with Crippen LogP contribution >= 0.6 is 0 Å². The van der Waals surface area contributed by atoms with Gasteiger partial charge >= 0.3 is 0 Å². The highest BCUT2D eigenvalue weighted by atomic mass is 19.1. The smallest absolute Gasteiger partial charge is 0.130 e. The predicted molar refractivity (Wildman–Crippen MR) is 51.9 cm³/mol. The molecule has 0 aliphatic heterocycles. The Labute approximate surface area is 82.7 Å². The number of halogens is 1. The Morgan fingerprint density at radius 3 is 2.79 bits per heavy atom. The van der Waals surface area contributed by atoms with Crippen LogP contribution in [0.3, 0.4) is 0 Å². The summed E-state index contributed by atoms with van der Waals surface area (Å²) in [7, 11) is 1.49. The molecule has 0 spiro atoms. The summed E-state index contributed by atoms with van der Waals surface area (Å²) in [6.07, 6.45) is 1.25. The van der Waals surface area contributed by atoms with E-state index in [9.17, 15) is 9.18 Å². The lowest BCUT2D eigenvalue weighted by Crippen LogP contribution is -2.02. The van der Waals surface area contributed by atoms with Crippen LogP contribution in [0.5, 0.6) is 5.75 Å². The molecule has 0 saturated heterocycles. The average molecular weight is 196 g/mol. The van der Waals surface area contributed by atoms with Crippen LogP contribution in [0.25, 0.3) is 0 Å². The molecular weight excluding hydrogens is 183 g/mol. The van der Waals surface area contributed by atoms with Crippen molar-refractivity contribution in [2.45, 2.75) is 13.3 Å². The zero-order chi connectivity index (χ0) is 10.6. The first-order valence-corrected chi connectivity index (χ1v) is 4.45. The summed E-state index contributed by atoms with van der Waals surface area (Å²) >= 11 is 0. The Hall–Kier alpha value is -1.38. The van der Waals surface area contributed by atoms with Crippen molar-refractivity contribution in [3.63, 3.8) is 0 Å². The molecule has 1 aromatic rings. The van der Waals surface area contributed by atoms with Gasteiger partial charge in [-0.15, -0.1) is 0 Å². The van der Waals surface area contributed by atoms with Crippen molar-refractivity contribution < 1.29 is 13.9 Å². The molecular formula is C11H13FO2. The quantitative estimate of drug-likeness (QED) is 0.690. The number of aldehydes is 1. The highest BCUT2D eigenvalue weighted by Crippen LogP contribution is 2.18. The molecule has 0 radical (unpaired) electrons. The molecule has 0 aliphatic carbocycles. The fourth-order valence-corrected chi connectivity index (χ4v) is 1.22. The first-order chi connectivity index (χ1) is 6.67. The molecule has 0 aliphatic rings. The fourth-order valence-electron chi connectivity index (χ4n) is 1.22. The SMILES string of the molecule is COc1ccc(CC(C)C=O)c(F)c1. The van der Waals surface area contributed by atoms with Crippen LogP contribution in [0.4, 0.5) is 4.39 Å². The topological polar surface area (TPSA) is 26.3 Å². The lowest BCUT2D eigenvalue weighted by molar-refractivity contribution is -0.110. The molecule has 1 rings (SSSR count). The normalized spacial score (nSPS) is 12.2. The Morgan fingerprint density at radius 2 is 2.29 bits per heavy atom. The molecule has 2 nitrogen and oxygen atoms in total. The second-order valence-electron chi connectivity index (χ2n) is 3.27. The summed E-state index contributed by atoms with van der Waals surface area (Å²) in [6.45, 7) is 1.76. The van der Waals surface area contributed by atoms with E-state index in [1.165, 1.54) is 13.2 Å². The van der Waals surface area contributed by atoms with Gasteiger partial charge in [-0.25, -0.2) is 4.39 Å². The van der Waals surface area contributed by atoms with E-state index in [1.807, 2.05) is 0 Å². The molecule has 0 heterocycles. The van der Waals surface area contributed by atoms with Gasteiger partial charge in [-0.1, -0.05) is 13.0 Å². The third-order valence-electron chi connectivity index (χ3n) is 2.03. The molecule has 76 valence electrons. The maximum Gasteiger partial charge on any atom is 0.130 e. The van der Waals surface area contributed by atoms with Crippen LogP contribution in [0.1, 0.15) is 12.5 Å². The Bertz CT molecular complexity index is 323. The maximum atomic E-state index is 13.3. The largest absolute Gasteiger partial charge is 0.497 e. The molecule has 0 amide bonds. The average Bonchev–Trinajstić information content (AvgIpc) is 2.20. The number of ether oxygens (including phenoxy) is 1. The number of carbonyl (C=O) groups excluding carboxylic acids is 1. The van der Waals surface area contributed by atoms with Crippen molar-refractivity contribution in [1.82, 2.24) is 0 Å². The van der Waals surface area contributed by atoms with Gasteiger partial charge in [-0.2, -0.15) is 0 Å². The third kappa shape index (κ3) is 2.55. The second-order valence-corrected chi connectivity index (χ2v) is 3.27. The van der Waals surface area contributed by atoms with E-state index in [1.54, 1.807) is 19.1 Å². The van der Waals surface area contributed by atoms with Crippen molar-refractivity contribution in [1.29, 1.82) is 0 Å². The second kappa shape index (κ2) is 4.74. The number of methoxy groups -OCH3 is 1. The Kier molecular flexibility index (Phi) is 3.63. The molecule has 1 unspecified atom stereocenters. The van der Waals surface area contributed by atoms with Gasteiger partial charge in [-0.05, 0) is 18.1 Å². The van der Waals surface area contributed by atoms with Crippen LogP contribution in [-0.4, -0.2) is 13.4 Å². The van der Waals surface area contributed by atoms with Crippen molar-refractivity contribution >= 4 is 6.29 Å². The highest BCUT2D eigenvalue weighted by molar-refractivity contribution is 5.53. The summed E-state index contributed by atoms with van der Waals surface area (Å²) in [5, 5.41) is 0. The van der Waals surface area contributed by atoms with E-state index < -0.39 is 0 Å². The Balaban J connectivity index is 2.83. The van der Waals surface area contributed by atoms with E-state index in [0.29, 0.717) is 17.7 Å². The van der Waals surface area contributed by atoms with E-state index in [0.717, 1.165) is 6.29 Å². The summed E-state index contributed by atoms with van der Waals surface area (Å²) in [5.41, 5.74) is 0.547. The van der Waals surface area contributed by atoms with Crippen molar-refractivity contribution in [2.75, 3.05) is 7.11 Å². The Morgan fingerprint density at radius 1 is 1.57 bits per heavy atom. The number of rotatable bonds is 4. The van der Waals surface area contributed by atoms with Gasteiger partial charge in [0, 0.05) is 12.0 Å². The summed E-state index contributed by atoms with van der Waals surface area (Å²) in [5.74, 6) is 0.0148. The van der Waals surface area contributed by atoms with Crippen LogP contribution in [0.15, 0.2) is 18.2 Å². The van der Waals surface area contributed by atoms with Gasteiger partial charge in [0.05, 0.1) is 7.11 Å². The van der Waals surface area contributed by atoms with Gasteiger partial charge in [-0.3, -0.25) is 0 Å². The van der Waals surface area contributed by atoms with E-state index in [2.05, 4.69) is 0 Å². The molecule has 1 aromatic carbocycles. The number of hydrogen-bond acceptors (Lipinski definition) is 2. The zero-order valence-electron chi connectivity index (χ0n) is 8.29. The highest BCUT2D eigenvalue weighted by Gasteiger charge is 2.07. The maximum absolute atomic E-state index is 13.3. The molecule has 0 aromatic heterocycles. The van der Waals surface area contributed by atoms with Crippen molar-refractivity contribution in [3.8, 4) is 5.75 Å². The van der Waals surface area contributed by atoms with Crippen LogP contribution in [0, 0.1) is 11.7 Å². The molecule has 0 N–H and O–H groups in total. The molecule has 0 saturated carbocycles. The van der Waals surface area contributed by atoms with Gasteiger partial charge in [0.15, 0.2) is 0 Å². The zero-order valence-corrected chi connectivity index (χ0v) is 8.29. The minimum absolute atomic E-state index is 0.155. The minimum Gasteiger partial charge on any atom is -0.497 e. The number of benzene rings is 1. The van der Waals surface area contributed by atoms with Crippen LogP contribution < -0.4 is 4.74 Å². The lowest BCUT2D eigenvalue weighted by atomic mass is 10.0. The summed E-state index contributed by atoms with van der Waals surface area (Å²) in [4.78, 5) is 10.4. The van der Waals surface area contributed by atoms with Gasteiger partial charge in [0.2, 0.25) is 0 Å². The molecule has 1 atom stereocenters. The van der Waals surface area contributed by atoms with Gasteiger partial charge < -0.3 is 9.53 Å². The first-order valence-electron chi connectivity index (χ1n) is 4.45. The monoisotopic (exact) mass is 196 g/mol.